The first-order valence-electron chi connectivity index (χ1n) is 4.99. The third kappa shape index (κ3) is 4.72. The first-order valence-corrected chi connectivity index (χ1v) is 5.75. The summed E-state index contributed by atoms with van der Waals surface area (Å²) in [6.07, 6.45) is 0.308. The second-order valence-electron chi connectivity index (χ2n) is 3.47. The summed E-state index contributed by atoms with van der Waals surface area (Å²) in [5.41, 5.74) is 6.09. The lowest BCUT2D eigenvalue weighted by Gasteiger charge is -2.16. The van der Waals surface area contributed by atoms with E-state index < -0.39 is 0 Å². The van der Waals surface area contributed by atoms with E-state index in [2.05, 4.69) is 5.32 Å². The molecule has 0 aromatic heterocycles. The minimum Gasteiger partial charge on any atom is -0.349 e. The number of hydrogen-bond donors (Lipinski definition) is 2. The molecule has 1 aromatic carbocycles. The molecule has 0 fully saturated rings. The molecule has 0 aliphatic rings. The largest absolute Gasteiger partial charge is 0.349 e. The van der Waals surface area contributed by atoms with Crippen molar-refractivity contribution >= 4 is 41.5 Å². The number of nitrogens with one attached hydrogen (secondary N) is 1. The van der Waals surface area contributed by atoms with Crippen LogP contribution in [0.1, 0.15) is 24.9 Å². The van der Waals surface area contributed by atoms with Gasteiger partial charge in [0.15, 0.2) is 0 Å². The number of amides is 1. The van der Waals surface area contributed by atoms with Crippen molar-refractivity contribution in [2.75, 3.05) is 6.54 Å². The average Bonchev–Trinajstić information content (AvgIpc) is 2.22. The van der Waals surface area contributed by atoms with Gasteiger partial charge in [-0.2, -0.15) is 0 Å². The molecule has 1 unspecified atom stereocenters. The Morgan fingerprint density at radius 2 is 2.12 bits per heavy atom. The van der Waals surface area contributed by atoms with Gasteiger partial charge in [-0.3, -0.25) is 4.79 Å². The van der Waals surface area contributed by atoms with E-state index in [1.807, 2.05) is 13.0 Å². The Bertz CT molecular complexity index is 385. The maximum atomic E-state index is 11.4. The summed E-state index contributed by atoms with van der Waals surface area (Å²) < 4.78 is 0. The van der Waals surface area contributed by atoms with Crippen LogP contribution in [0.4, 0.5) is 0 Å². The Morgan fingerprint density at radius 3 is 2.71 bits per heavy atom. The summed E-state index contributed by atoms with van der Waals surface area (Å²) >= 11 is 11.9. The Morgan fingerprint density at radius 1 is 1.47 bits per heavy atom. The van der Waals surface area contributed by atoms with Gasteiger partial charge in [0.25, 0.3) is 0 Å². The minimum atomic E-state index is -0.176. The molecule has 6 heteroatoms. The molecule has 96 valence electrons. The Hall–Kier alpha value is -0.480. The molecule has 3 nitrogen and oxygen atoms in total. The van der Waals surface area contributed by atoms with Crippen LogP contribution in [0.2, 0.25) is 10.0 Å². The SMILES string of the molecule is CC(NC(=O)CCN)c1cccc(Cl)c1Cl.Cl. The van der Waals surface area contributed by atoms with E-state index in [-0.39, 0.29) is 24.4 Å². The zero-order valence-corrected chi connectivity index (χ0v) is 11.7. The first kappa shape index (κ1) is 16.5. The molecule has 0 aliphatic heterocycles. The van der Waals surface area contributed by atoms with Gasteiger partial charge in [0, 0.05) is 13.0 Å². The lowest BCUT2D eigenvalue weighted by atomic mass is 10.1. The normalized spacial score (nSPS) is 11.5. The first-order chi connectivity index (χ1) is 7.56. The Labute approximate surface area is 117 Å². The number of carbonyl (C=O) groups excluding carboxylic acids is 1. The van der Waals surface area contributed by atoms with E-state index in [9.17, 15) is 4.79 Å². The van der Waals surface area contributed by atoms with E-state index in [1.165, 1.54) is 0 Å². The molecule has 1 rings (SSSR count). The fraction of sp³-hybridized carbons (Fsp3) is 0.364. The van der Waals surface area contributed by atoms with Crippen molar-refractivity contribution in [2.24, 2.45) is 5.73 Å². The third-order valence-electron chi connectivity index (χ3n) is 2.20. The standard InChI is InChI=1S/C11H14Cl2N2O.ClH/c1-7(15-10(16)5-6-14)8-3-2-4-9(12)11(8)13;/h2-4,7H,5-6,14H2,1H3,(H,15,16);1H. The number of carbonyl (C=O) groups is 1. The molecule has 0 radical (unpaired) electrons. The highest BCUT2D eigenvalue weighted by atomic mass is 35.5. The molecular weight excluding hydrogens is 282 g/mol. The molecule has 0 aliphatic carbocycles. The van der Waals surface area contributed by atoms with Crippen LogP contribution in [0, 0.1) is 0 Å². The maximum Gasteiger partial charge on any atom is 0.221 e. The quantitative estimate of drug-likeness (QED) is 0.898. The smallest absolute Gasteiger partial charge is 0.221 e. The molecule has 0 heterocycles. The summed E-state index contributed by atoms with van der Waals surface area (Å²) in [5.74, 6) is -0.0916. The molecule has 0 spiro atoms. The van der Waals surface area contributed by atoms with Crippen LogP contribution >= 0.6 is 35.6 Å². The fourth-order valence-corrected chi connectivity index (χ4v) is 1.85. The zero-order valence-electron chi connectivity index (χ0n) is 9.37. The van der Waals surface area contributed by atoms with E-state index in [0.29, 0.717) is 23.0 Å². The van der Waals surface area contributed by atoms with E-state index >= 15 is 0 Å². The molecule has 0 saturated carbocycles. The number of halogens is 3. The molecule has 1 amide bonds. The molecule has 1 aromatic rings. The number of nitrogens with two attached hydrogens (primary N) is 1. The Kier molecular flexibility index (Phi) is 7.55. The van der Waals surface area contributed by atoms with Crippen molar-refractivity contribution in [3.8, 4) is 0 Å². The van der Waals surface area contributed by atoms with Gasteiger partial charge in [0.2, 0.25) is 5.91 Å². The van der Waals surface area contributed by atoms with E-state index in [1.54, 1.807) is 12.1 Å². The second-order valence-corrected chi connectivity index (χ2v) is 4.26. The lowest BCUT2D eigenvalue weighted by molar-refractivity contribution is -0.121. The summed E-state index contributed by atoms with van der Waals surface area (Å²) in [5, 5.41) is 3.76. The van der Waals surface area contributed by atoms with Gasteiger partial charge in [-0.25, -0.2) is 0 Å². The van der Waals surface area contributed by atoms with Crippen molar-refractivity contribution in [3.63, 3.8) is 0 Å². The van der Waals surface area contributed by atoms with Crippen molar-refractivity contribution in [3.05, 3.63) is 33.8 Å². The Balaban J connectivity index is 0.00000256. The van der Waals surface area contributed by atoms with Crippen molar-refractivity contribution in [1.82, 2.24) is 5.32 Å². The van der Waals surface area contributed by atoms with Crippen LogP contribution in [0.5, 0.6) is 0 Å². The molecule has 1 atom stereocenters. The molecule has 3 N–H and O–H groups in total. The second kappa shape index (κ2) is 7.77. The molecule has 17 heavy (non-hydrogen) atoms. The summed E-state index contributed by atoms with van der Waals surface area (Å²) in [6, 6.07) is 5.17. The van der Waals surface area contributed by atoms with Gasteiger partial charge in [-0.05, 0) is 18.6 Å². The van der Waals surface area contributed by atoms with Crippen molar-refractivity contribution in [2.45, 2.75) is 19.4 Å². The molecule has 0 saturated heterocycles. The van der Waals surface area contributed by atoms with Crippen LogP contribution in [0.25, 0.3) is 0 Å². The highest BCUT2D eigenvalue weighted by Gasteiger charge is 2.13. The van der Waals surface area contributed by atoms with Crippen molar-refractivity contribution < 1.29 is 4.79 Å². The average molecular weight is 298 g/mol. The van der Waals surface area contributed by atoms with Crippen LogP contribution < -0.4 is 11.1 Å². The van der Waals surface area contributed by atoms with Gasteiger partial charge < -0.3 is 11.1 Å². The molecule has 0 bridgehead atoms. The minimum absolute atomic E-state index is 0. The van der Waals surface area contributed by atoms with Gasteiger partial charge in [-0.15, -0.1) is 12.4 Å². The highest BCUT2D eigenvalue weighted by molar-refractivity contribution is 6.42. The van der Waals surface area contributed by atoms with Crippen molar-refractivity contribution in [1.29, 1.82) is 0 Å². The summed E-state index contributed by atoms with van der Waals surface area (Å²) in [7, 11) is 0. The summed E-state index contributed by atoms with van der Waals surface area (Å²) in [6.45, 7) is 2.19. The third-order valence-corrected chi connectivity index (χ3v) is 3.03. The van der Waals surface area contributed by atoms with E-state index in [4.69, 9.17) is 28.9 Å². The predicted octanol–water partition coefficient (Wildman–Crippen LogP) is 2.94. The molecular formula is C11H15Cl3N2O. The van der Waals surface area contributed by atoms with Gasteiger partial charge >= 0.3 is 0 Å². The summed E-state index contributed by atoms with van der Waals surface area (Å²) in [4.78, 5) is 11.4. The number of benzene rings is 1. The lowest BCUT2D eigenvalue weighted by Crippen LogP contribution is -2.28. The van der Waals surface area contributed by atoms with Crippen LogP contribution in [-0.4, -0.2) is 12.5 Å². The van der Waals surface area contributed by atoms with Gasteiger partial charge in [0.1, 0.15) is 0 Å². The number of rotatable bonds is 4. The maximum absolute atomic E-state index is 11.4. The van der Waals surface area contributed by atoms with Gasteiger partial charge in [0.05, 0.1) is 16.1 Å². The number of hydrogen-bond acceptors (Lipinski definition) is 2. The van der Waals surface area contributed by atoms with Gasteiger partial charge in [-0.1, -0.05) is 35.3 Å². The fourth-order valence-electron chi connectivity index (χ4n) is 1.38. The van der Waals surface area contributed by atoms with Crippen LogP contribution in [0.15, 0.2) is 18.2 Å². The zero-order chi connectivity index (χ0) is 12.1. The topological polar surface area (TPSA) is 55.1 Å². The van der Waals surface area contributed by atoms with Crippen LogP contribution in [0.3, 0.4) is 0 Å². The predicted molar refractivity (Wildman–Crippen MR) is 73.9 cm³/mol. The monoisotopic (exact) mass is 296 g/mol. The van der Waals surface area contributed by atoms with Crippen LogP contribution in [-0.2, 0) is 4.79 Å². The highest BCUT2D eigenvalue weighted by Crippen LogP contribution is 2.29. The van der Waals surface area contributed by atoms with E-state index in [0.717, 1.165) is 5.56 Å².